The van der Waals surface area contributed by atoms with Crippen molar-refractivity contribution in [3.8, 4) is 11.5 Å². The van der Waals surface area contributed by atoms with Gasteiger partial charge in [0.2, 0.25) is 5.91 Å². The van der Waals surface area contributed by atoms with Crippen LogP contribution in [0.25, 0.3) is 0 Å². The molecule has 1 amide bonds. The number of nitrogens with one attached hydrogen (secondary N) is 2. The van der Waals surface area contributed by atoms with Crippen molar-refractivity contribution in [2.24, 2.45) is 0 Å². The zero-order valence-electron chi connectivity index (χ0n) is 28.9. The highest BCUT2D eigenvalue weighted by Gasteiger charge is 2.34. The largest absolute Gasteiger partial charge is 0.495 e. The molecule has 1 saturated carbocycles. The Labute approximate surface area is 299 Å². The van der Waals surface area contributed by atoms with Gasteiger partial charge < -0.3 is 25.0 Å². The number of carbonyl (C=O) groups is 1. The average molecular weight is 703 g/mol. The maximum Gasteiger partial charge on any atom is 0.247 e. The first-order valence-electron chi connectivity index (χ1n) is 17.6. The Morgan fingerprint density at radius 2 is 1.70 bits per heavy atom. The lowest BCUT2D eigenvalue weighted by Gasteiger charge is -2.43. The Morgan fingerprint density at radius 1 is 0.960 bits per heavy atom. The molecular formula is C37H47ClN8O4. The van der Waals surface area contributed by atoms with E-state index in [1.165, 1.54) is 38.3 Å². The van der Waals surface area contributed by atoms with E-state index in [1.807, 2.05) is 41.5 Å². The summed E-state index contributed by atoms with van der Waals surface area (Å²) in [6.07, 6.45) is 9.19. The number of amides is 1. The molecule has 4 aliphatic rings. The van der Waals surface area contributed by atoms with Gasteiger partial charge in [0.1, 0.15) is 23.6 Å². The van der Waals surface area contributed by atoms with Gasteiger partial charge in [0.25, 0.3) is 0 Å². The number of rotatable bonds is 12. The number of piperazine rings is 1. The Balaban J connectivity index is 1.07. The van der Waals surface area contributed by atoms with Crippen LogP contribution in [-0.2, 0) is 16.1 Å². The molecule has 1 atom stereocenters. The summed E-state index contributed by atoms with van der Waals surface area (Å²) in [5, 5.41) is 8.85. The lowest BCUT2D eigenvalue weighted by Crippen LogP contribution is -2.53. The molecule has 0 spiro atoms. The first-order chi connectivity index (χ1) is 24.4. The topological polar surface area (TPSA) is 108 Å². The third-order valence-corrected chi connectivity index (χ3v) is 10.7. The molecule has 12 nitrogen and oxygen atoms in total. The normalized spacial score (nSPS) is 20.5. The van der Waals surface area contributed by atoms with E-state index in [9.17, 15) is 4.79 Å². The average Bonchev–Trinajstić information content (AvgIpc) is 3.90. The number of hydroxylamine groups is 1. The molecule has 3 saturated heterocycles. The SMILES string of the molecule is C=CC(=O)Nc1cc(Nc2cc(N3OCCC3Cc3cccc(Cl)c3OC)ncn2)c(OC)cc1N1CCC(N2CCN(C3CC3)CC2)CC1. The molecular weight excluding hydrogens is 656 g/mol. The number of halogens is 1. The lowest BCUT2D eigenvalue weighted by atomic mass is 10.0. The van der Waals surface area contributed by atoms with E-state index in [1.54, 1.807) is 14.2 Å². The third kappa shape index (κ3) is 7.63. The fourth-order valence-electron chi connectivity index (χ4n) is 7.58. The summed E-state index contributed by atoms with van der Waals surface area (Å²) in [7, 11) is 3.28. The van der Waals surface area contributed by atoms with Crippen molar-refractivity contribution < 1.29 is 19.1 Å². The van der Waals surface area contributed by atoms with E-state index in [0.717, 1.165) is 62.7 Å². The van der Waals surface area contributed by atoms with Gasteiger partial charge in [0.05, 0.1) is 49.0 Å². The predicted octanol–water partition coefficient (Wildman–Crippen LogP) is 5.52. The van der Waals surface area contributed by atoms with Crippen LogP contribution in [0.3, 0.4) is 0 Å². The molecule has 4 heterocycles. The van der Waals surface area contributed by atoms with Gasteiger partial charge >= 0.3 is 0 Å². The maximum atomic E-state index is 12.6. The van der Waals surface area contributed by atoms with Crippen molar-refractivity contribution in [2.75, 3.05) is 80.7 Å². The highest BCUT2D eigenvalue weighted by molar-refractivity contribution is 6.32. The molecule has 4 fully saturated rings. The van der Waals surface area contributed by atoms with Crippen LogP contribution in [0.4, 0.5) is 28.7 Å². The molecule has 13 heteroatoms. The standard InChI is InChI=1S/C37H47ClN8O4/c1-4-36(47)42-30-21-31(33(48-2)22-32(30)45-13-10-27(11-14-45)44-17-15-43(16-18-44)26-8-9-26)41-34-23-35(40-24-39-34)46-28(12-19-50-46)20-25-6-5-7-29(38)37(25)49-3/h4-7,21-24,26-28H,1,8-20H2,2-3H3,(H,42,47)(H,39,40,41). The smallest absolute Gasteiger partial charge is 0.247 e. The monoisotopic (exact) mass is 702 g/mol. The van der Waals surface area contributed by atoms with E-state index in [4.69, 9.17) is 25.9 Å². The lowest BCUT2D eigenvalue weighted by molar-refractivity contribution is -0.111. The van der Waals surface area contributed by atoms with Crippen molar-refractivity contribution in [1.82, 2.24) is 19.8 Å². The predicted molar refractivity (Wildman–Crippen MR) is 197 cm³/mol. The molecule has 3 aliphatic heterocycles. The van der Waals surface area contributed by atoms with Crippen molar-refractivity contribution in [3.05, 3.63) is 66.0 Å². The Bertz CT molecular complexity index is 1670. The molecule has 0 radical (unpaired) electrons. The minimum Gasteiger partial charge on any atom is -0.495 e. The number of hydrogen-bond donors (Lipinski definition) is 2. The van der Waals surface area contributed by atoms with E-state index in [0.29, 0.717) is 58.6 Å². The van der Waals surface area contributed by atoms with Crippen LogP contribution in [0.15, 0.2) is 55.4 Å². The fraction of sp³-hybridized carbons (Fsp3) is 0.486. The molecule has 1 aromatic heterocycles. The Morgan fingerprint density at radius 3 is 2.38 bits per heavy atom. The summed E-state index contributed by atoms with van der Waals surface area (Å²) in [4.78, 5) is 35.4. The molecule has 1 aliphatic carbocycles. The van der Waals surface area contributed by atoms with Crippen LogP contribution in [0, 0.1) is 0 Å². The molecule has 0 bridgehead atoms. The van der Waals surface area contributed by atoms with Crippen LogP contribution in [0.5, 0.6) is 11.5 Å². The molecule has 266 valence electrons. The van der Waals surface area contributed by atoms with Gasteiger partial charge in [0.15, 0.2) is 5.82 Å². The molecule has 3 aromatic rings. The van der Waals surface area contributed by atoms with Gasteiger partial charge in [-0.05, 0) is 62.3 Å². The second-order valence-corrected chi connectivity index (χ2v) is 13.8. The first-order valence-corrected chi connectivity index (χ1v) is 18.0. The Hall–Kier alpha value is -4.10. The van der Waals surface area contributed by atoms with Gasteiger partial charge in [-0.15, -0.1) is 0 Å². The van der Waals surface area contributed by atoms with Crippen molar-refractivity contribution in [2.45, 2.75) is 56.7 Å². The van der Waals surface area contributed by atoms with Crippen molar-refractivity contribution in [3.63, 3.8) is 0 Å². The summed E-state index contributed by atoms with van der Waals surface area (Å²) in [5.41, 5.74) is 3.27. The Kier molecular flexibility index (Phi) is 10.6. The van der Waals surface area contributed by atoms with Crippen LogP contribution in [0.2, 0.25) is 5.02 Å². The van der Waals surface area contributed by atoms with Crippen LogP contribution < -0.4 is 30.1 Å². The van der Waals surface area contributed by atoms with Crippen molar-refractivity contribution >= 4 is 46.2 Å². The number of para-hydroxylation sites is 1. The van der Waals surface area contributed by atoms with E-state index < -0.39 is 0 Å². The number of piperidine rings is 1. The number of anilines is 5. The quantitative estimate of drug-likeness (QED) is 0.233. The van der Waals surface area contributed by atoms with Crippen LogP contribution >= 0.6 is 11.6 Å². The minimum absolute atomic E-state index is 0.0242. The molecule has 50 heavy (non-hydrogen) atoms. The van der Waals surface area contributed by atoms with Crippen molar-refractivity contribution in [1.29, 1.82) is 0 Å². The molecule has 2 N–H and O–H groups in total. The maximum absolute atomic E-state index is 12.6. The van der Waals surface area contributed by atoms with Gasteiger partial charge in [-0.3, -0.25) is 19.4 Å². The number of ether oxygens (including phenoxy) is 2. The zero-order chi connectivity index (χ0) is 34.6. The summed E-state index contributed by atoms with van der Waals surface area (Å²) < 4.78 is 11.5. The summed E-state index contributed by atoms with van der Waals surface area (Å²) in [6.45, 7) is 10.7. The molecule has 2 aromatic carbocycles. The molecule has 7 rings (SSSR count). The number of methoxy groups -OCH3 is 2. The number of nitrogens with zero attached hydrogens (tertiary/aromatic N) is 6. The van der Waals surface area contributed by atoms with Crippen LogP contribution in [0.1, 0.15) is 37.7 Å². The summed E-state index contributed by atoms with van der Waals surface area (Å²) >= 11 is 6.40. The van der Waals surface area contributed by atoms with E-state index >= 15 is 0 Å². The number of carbonyl (C=O) groups excluding carboxylic acids is 1. The highest BCUT2D eigenvalue weighted by atomic mass is 35.5. The van der Waals surface area contributed by atoms with E-state index in [-0.39, 0.29) is 11.9 Å². The summed E-state index contributed by atoms with van der Waals surface area (Å²) in [6, 6.07) is 13.0. The van der Waals surface area contributed by atoms with Crippen LogP contribution in [-0.4, -0.2) is 104 Å². The van der Waals surface area contributed by atoms with Gasteiger partial charge in [-0.1, -0.05) is 30.3 Å². The second-order valence-electron chi connectivity index (χ2n) is 13.4. The van der Waals surface area contributed by atoms with E-state index in [2.05, 4.69) is 41.9 Å². The minimum atomic E-state index is -0.274. The number of hydrogen-bond acceptors (Lipinski definition) is 11. The first kappa shape index (κ1) is 34.4. The van der Waals surface area contributed by atoms with Gasteiger partial charge in [-0.25, -0.2) is 15.0 Å². The van der Waals surface area contributed by atoms with Gasteiger partial charge in [0, 0.05) is 63.5 Å². The van der Waals surface area contributed by atoms with Gasteiger partial charge in [-0.2, -0.15) is 0 Å². The zero-order valence-corrected chi connectivity index (χ0v) is 29.7. The molecule has 1 unspecified atom stereocenters. The number of benzene rings is 2. The fourth-order valence-corrected chi connectivity index (χ4v) is 7.85. The second kappa shape index (κ2) is 15.4. The number of aromatic nitrogens is 2. The third-order valence-electron chi connectivity index (χ3n) is 10.4. The highest BCUT2D eigenvalue weighted by Crippen LogP contribution is 2.40. The summed E-state index contributed by atoms with van der Waals surface area (Å²) in [5.74, 6) is 2.22.